The Bertz CT molecular complexity index is 1420. The number of hydrogen-bond acceptors (Lipinski definition) is 4. The Morgan fingerprint density at radius 2 is 1.76 bits per heavy atom. The molecule has 0 bridgehead atoms. The van der Waals surface area contributed by atoms with Crippen molar-refractivity contribution in [2.24, 2.45) is 0 Å². The van der Waals surface area contributed by atoms with E-state index in [0.717, 1.165) is 39.2 Å². The summed E-state index contributed by atoms with van der Waals surface area (Å²) in [6.45, 7) is 0. The summed E-state index contributed by atoms with van der Waals surface area (Å²) in [6.07, 6.45) is 1.03. The molecular weight excluding hydrogens is 417 g/mol. The van der Waals surface area contributed by atoms with Gasteiger partial charge >= 0.3 is 0 Å². The van der Waals surface area contributed by atoms with Crippen molar-refractivity contribution in [2.45, 2.75) is 24.8 Å². The maximum absolute atomic E-state index is 13.7. The number of nitrogens with one attached hydrogen (secondary N) is 1. The van der Waals surface area contributed by atoms with Crippen LogP contribution >= 0.6 is 0 Å². The molecule has 1 N–H and O–H groups in total. The molecule has 5 nitrogen and oxygen atoms in total. The summed E-state index contributed by atoms with van der Waals surface area (Å²) in [6, 6.07) is 21.9. The number of nitrogens with zero attached hydrogens (tertiary/aromatic N) is 2. The number of fused-ring (bicyclic) bond motifs is 3. The molecule has 2 unspecified atom stereocenters. The van der Waals surface area contributed by atoms with Crippen molar-refractivity contribution in [3.8, 4) is 5.75 Å². The first-order valence-electron chi connectivity index (χ1n) is 11.0. The van der Waals surface area contributed by atoms with Gasteiger partial charge in [0.05, 0.1) is 24.2 Å². The van der Waals surface area contributed by atoms with Crippen LogP contribution in [-0.2, 0) is 4.79 Å². The number of ketones is 1. The zero-order valence-electron chi connectivity index (χ0n) is 18.1. The van der Waals surface area contributed by atoms with E-state index in [2.05, 4.69) is 9.88 Å². The molecule has 0 spiro atoms. The largest absolute Gasteiger partial charge is 0.496 e. The van der Waals surface area contributed by atoms with E-state index >= 15 is 0 Å². The summed E-state index contributed by atoms with van der Waals surface area (Å²) in [5, 5.41) is 3.46. The van der Waals surface area contributed by atoms with Crippen LogP contribution in [0.1, 0.15) is 35.9 Å². The van der Waals surface area contributed by atoms with Crippen LogP contribution in [-0.4, -0.2) is 22.4 Å². The molecule has 0 saturated heterocycles. The summed E-state index contributed by atoms with van der Waals surface area (Å²) in [5.41, 5.74) is 5.32. The Balaban J connectivity index is 1.54. The van der Waals surface area contributed by atoms with E-state index in [9.17, 15) is 9.18 Å². The number of benzene rings is 3. The number of aromatic nitrogens is 2. The zero-order valence-corrected chi connectivity index (χ0v) is 18.1. The second kappa shape index (κ2) is 7.59. The molecule has 0 fully saturated rings. The van der Waals surface area contributed by atoms with E-state index in [0.29, 0.717) is 18.8 Å². The van der Waals surface area contributed by atoms with Crippen LogP contribution in [0.4, 0.5) is 10.3 Å². The molecule has 2 heterocycles. The third-order valence-corrected chi connectivity index (χ3v) is 6.67. The number of carbonyl (C=O) groups is 1. The Kier molecular flexibility index (Phi) is 4.54. The van der Waals surface area contributed by atoms with Crippen molar-refractivity contribution >= 4 is 22.8 Å². The predicted molar refractivity (Wildman–Crippen MR) is 125 cm³/mol. The lowest BCUT2D eigenvalue weighted by atomic mass is 9.77. The second-order valence-corrected chi connectivity index (χ2v) is 8.54. The number of ether oxygens (including phenoxy) is 1. The Morgan fingerprint density at radius 1 is 1.00 bits per heavy atom. The van der Waals surface area contributed by atoms with Gasteiger partial charge in [0.2, 0.25) is 5.95 Å². The van der Waals surface area contributed by atoms with Crippen molar-refractivity contribution in [2.75, 3.05) is 12.4 Å². The summed E-state index contributed by atoms with van der Waals surface area (Å²) < 4.78 is 21.3. The van der Waals surface area contributed by atoms with E-state index < -0.39 is 0 Å². The minimum atomic E-state index is -0.346. The topological polar surface area (TPSA) is 56.1 Å². The molecule has 6 heteroatoms. The number of imidazole rings is 1. The highest BCUT2D eigenvalue weighted by molar-refractivity contribution is 6.01. The monoisotopic (exact) mass is 439 g/mol. The van der Waals surface area contributed by atoms with Crippen LogP contribution in [0.25, 0.3) is 11.0 Å². The minimum Gasteiger partial charge on any atom is -0.496 e. The molecular formula is C27H22FN3O2. The quantitative estimate of drug-likeness (QED) is 0.452. The number of para-hydroxylation sites is 3. The standard InChI is InChI=1S/C27H22FN3O2/c1-33-24-9-5-2-6-19(24)26-25-21(30-27-29-20-7-3-4-8-22(20)31(26)27)14-17(15-23(25)32)16-10-12-18(28)13-11-16/h2-13,17,26H,14-15H2,1H3,(H,29,30). The normalized spacial score (nSPS) is 19.8. The Labute approximate surface area is 190 Å². The SMILES string of the molecule is COc1ccccc1C1C2=C(CC(c3ccc(F)cc3)CC2=O)Nc2nc3ccccc3n21. The van der Waals surface area contributed by atoms with Gasteiger partial charge in [0, 0.05) is 23.3 Å². The number of methoxy groups -OCH3 is 1. The van der Waals surface area contributed by atoms with Gasteiger partial charge in [0.15, 0.2) is 5.78 Å². The van der Waals surface area contributed by atoms with Crippen molar-refractivity contribution < 1.29 is 13.9 Å². The van der Waals surface area contributed by atoms with Crippen LogP contribution in [0.5, 0.6) is 5.75 Å². The van der Waals surface area contributed by atoms with Gasteiger partial charge in [-0.3, -0.25) is 9.36 Å². The minimum absolute atomic E-state index is 0.0152. The molecule has 2 aliphatic rings. The van der Waals surface area contributed by atoms with Gasteiger partial charge in [0.1, 0.15) is 11.6 Å². The third-order valence-electron chi connectivity index (χ3n) is 6.67. The Hall–Kier alpha value is -3.93. The summed E-state index contributed by atoms with van der Waals surface area (Å²) >= 11 is 0. The van der Waals surface area contributed by atoms with E-state index in [1.54, 1.807) is 19.2 Å². The fourth-order valence-corrected chi connectivity index (χ4v) is 5.18. The number of rotatable bonds is 3. The number of hydrogen-bond donors (Lipinski definition) is 1. The molecule has 0 radical (unpaired) electrons. The highest BCUT2D eigenvalue weighted by Gasteiger charge is 2.40. The Morgan fingerprint density at radius 3 is 2.58 bits per heavy atom. The molecule has 1 aliphatic carbocycles. The lowest BCUT2D eigenvalue weighted by Gasteiger charge is -2.36. The molecule has 2 atom stereocenters. The average molecular weight is 439 g/mol. The van der Waals surface area contributed by atoms with Crippen molar-refractivity contribution in [1.29, 1.82) is 0 Å². The van der Waals surface area contributed by atoms with Gasteiger partial charge in [-0.1, -0.05) is 42.5 Å². The number of halogens is 1. The van der Waals surface area contributed by atoms with E-state index in [1.807, 2.05) is 48.5 Å². The first kappa shape index (κ1) is 19.7. The third kappa shape index (κ3) is 3.13. The van der Waals surface area contributed by atoms with Gasteiger partial charge < -0.3 is 10.1 Å². The first-order valence-corrected chi connectivity index (χ1v) is 11.0. The van der Waals surface area contributed by atoms with Crippen molar-refractivity contribution in [1.82, 2.24) is 9.55 Å². The number of allylic oxidation sites excluding steroid dienone is 2. The molecule has 33 heavy (non-hydrogen) atoms. The van der Waals surface area contributed by atoms with E-state index in [1.165, 1.54) is 12.1 Å². The van der Waals surface area contributed by atoms with Gasteiger partial charge in [-0.2, -0.15) is 0 Å². The van der Waals surface area contributed by atoms with Crippen molar-refractivity contribution in [3.63, 3.8) is 0 Å². The summed E-state index contributed by atoms with van der Waals surface area (Å²) in [5.74, 6) is 1.23. The number of carbonyl (C=O) groups excluding carboxylic acids is 1. The molecule has 3 aromatic carbocycles. The predicted octanol–water partition coefficient (Wildman–Crippen LogP) is 5.60. The highest BCUT2D eigenvalue weighted by Crippen LogP contribution is 2.47. The smallest absolute Gasteiger partial charge is 0.209 e. The molecule has 1 aliphatic heterocycles. The number of Topliss-reactive ketones (excluding diaryl/α,β-unsaturated/α-hetero) is 1. The van der Waals surface area contributed by atoms with Gasteiger partial charge in [0.25, 0.3) is 0 Å². The average Bonchev–Trinajstić information content (AvgIpc) is 3.21. The van der Waals surface area contributed by atoms with E-state index in [-0.39, 0.29) is 23.6 Å². The highest BCUT2D eigenvalue weighted by atomic mass is 19.1. The molecule has 0 amide bonds. The van der Waals surface area contributed by atoms with Crippen LogP contribution in [0, 0.1) is 5.82 Å². The second-order valence-electron chi connectivity index (χ2n) is 8.54. The summed E-state index contributed by atoms with van der Waals surface area (Å²) in [4.78, 5) is 18.5. The van der Waals surface area contributed by atoms with Crippen LogP contribution in [0.2, 0.25) is 0 Å². The fourth-order valence-electron chi connectivity index (χ4n) is 5.18. The lowest BCUT2D eigenvalue weighted by Crippen LogP contribution is -2.33. The van der Waals surface area contributed by atoms with Gasteiger partial charge in [-0.25, -0.2) is 9.37 Å². The zero-order chi connectivity index (χ0) is 22.5. The maximum atomic E-state index is 13.7. The first-order chi connectivity index (χ1) is 16.1. The molecule has 6 rings (SSSR count). The molecule has 1 aromatic heterocycles. The number of anilines is 1. The maximum Gasteiger partial charge on any atom is 0.209 e. The molecule has 0 saturated carbocycles. The lowest BCUT2D eigenvalue weighted by molar-refractivity contribution is -0.116. The molecule has 164 valence electrons. The van der Waals surface area contributed by atoms with Gasteiger partial charge in [-0.15, -0.1) is 0 Å². The van der Waals surface area contributed by atoms with Crippen LogP contribution < -0.4 is 10.1 Å². The molecule has 4 aromatic rings. The van der Waals surface area contributed by atoms with Crippen LogP contribution in [0.15, 0.2) is 84.1 Å². The van der Waals surface area contributed by atoms with Gasteiger partial charge in [-0.05, 0) is 48.2 Å². The van der Waals surface area contributed by atoms with E-state index in [4.69, 9.17) is 9.72 Å². The van der Waals surface area contributed by atoms with Crippen LogP contribution in [0.3, 0.4) is 0 Å². The summed E-state index contributed by atoms with van der Waals surface area (Å²) in [7, 11) is 1.65. The van der Waals surface area contributed by atoms with Crippen molar-refractivity contribution in [3.05, 3.63) is 101 Å². The fraction of sp³-hybridized carbons (Fsp3) is 0.185.